The van der Waals surface area contributed by atoms with E-state index in [0.717, 1.165) is 44.1 Å². The molecule has 0 radical (unpaired) electrons. The molecule has 162 valence electrons. The summed E-state index contributed by atoms with van der Waals surface area (Å²) in [6.07, 6.45) is 7.50. The molecule has 30 heavy (non-hydrogen) atoms. The van der Waals surface area contributed by atoms with Crippen LogP contribution in [0.5, 0.6) is 0 Å². The van der Waals surface area contributed by atoms with E-state index < -0.39 is 0 Å². The molecule has 4 nitrogen and oxygen atoms in total. The van der Waals surface area contributed by atoms with Crippen molar-refractivity contribution in [1.29, 1.82) is 0 Å². The largest absolute Gasteiger partial charge is 0.296 e. The molecule has 1 aliphatic carbocycles. The molecule has 3 aliphatic rings. The monoisotopic (exact) mass is 446 g/mol. The Morgan fingerprint density at radius 1 is 1.30 bits per heavy atom. The Hall–Kier alpha value is -1.15. The SMILES string of the molecule is C[C@H]1C[C@]2(CCN1Cc1csnc1CC1CCC1)CN(C)SN2c1cccc(F)c1. The number of rotatable bonds is 5. The van der Waals surface area contributed by atoms with Gasteiger partial charge in [0.2, 0.25) is 0 Å². The fraction of sp³-hybridized carbons (Fsp3) is 0.609. The predicted octanol–water partition coefficient (Wildman–Crippen LogP) is 5.36. The second kappa shape index (κ2) is 8.41. The highest BCUT2D eigenvalue weighted by Gasteiger charge is 2.49. The number of likely N-dealkylation sites (tertiary alicyclic amines) is 1. The average molecular weight is 447 g/mol. The molecule has 5 rings (SSSR count). The summed E-state index contributed by atoms with van der Waals surface area (Å²) in [6.45, 7) is 5.46. The van der Waals surface area contributed by atoms with Crippen molar-refractivity contribution in [1.82, 2.24) is 13.6 Å². The molecule has 0 unspecified atom stereocenters. The number of piperidine rings is 1. The lowest BCUT2D eigenvalue weighted by atomic mass is 9.81. The molecule has 0 N–H and O–H groups in total. The van der Waals surface area contributed by atoms with Crippen molar-refractivity contribution < 1.29 is 4.39 Å². The van der Waals surface area contributed by atoms with E-state index in [0.29, 0.717) is 6.04 Å². The van der Waals surface area contributed by atoms with Gasteiger partial charge in [0.15, 0.2) is 0 Å². The van der Waals surface area contributed by atoms with Gasteiger partial charge >= 0.3 is 0 Å². The number of likely N-dealkylation sites (N-methyl/N-ethyl adjacent to an activating group) is 1. The standard InChI is InChI=1S/C23H31FN4S2/c1-17-13-23(16-26(2)30-28(23)21-8-4-7-20(24)12-21)9-10-27(17)14-19-15-29-25-22(19)11-18-5-3-6-18/h4,7-8,12,15,17-18H,3,5-6,9-11,13-14,16H2,1-2H3/t17-,23+/m0/s1. The Bertz CT molecular complexity index is 886. The second-order valence-electron chi connectivity index (χ2n) is 9.43. The number of benzene rings is 1. The fourth-order valence-electron chi connectivity index (χ4n) is 5.34. The van der Waals surface area contributed by atoms with Crippen LogP contribution in [0.4, 0.5) is 10.1 Å². The van der Waals surface area contributed by atoms with Crippen molar-refractivity contribution in [3.63, 3.8) is 0 Å². The number of anilines is 1. The minimum atomic E-state index is -0.160. The van der Waals surface area contributed by atoms with Crippen LogP contribution >= 0.6 is 23.7 Å². The van der Waals surface area contributed by atoms with Crippen molar-refractivity contribution in [3.8, 4) is 0 Å². The van der Waals surface area contributed by atoms with Crippen LogP contribution in [0.25, 0.3) is 0 Å². The Labute approximate surface area is 187 Å². The van der Waals surface area contributed by atoms with Crippen LogP contribution in [0, 0.1) is 11.7 Å². The number of hydrogen-bond acceptors (Lipinski definition) is 6. The predicted molar refractivity (Wildman–Crippen MR) is 124 cm³/mol. The molecule has 1 aromatic carbocycles. The molecule has 1 spiro atoms. The lowest BCUT2D eigenvalue weighted by Crippen LogP contribution is -2.56. The lowest BCUT2D eigenvalue weighted by Gasteiger charge is -2.47. The topological polar surface area (TPSA) is 22.6 Å². The van der Waals surface area contributed by atoms with E-state index in [4.69, 9.17) is 4.37 Å². The highest BCUT2D eigenvalue weighted by atomic mass is 32.2. The number of halogens is 1. The van der Waals surface area contributed by atoms with E-state index in [1.165, 1.54) is 43.0 Å². The molecule has 3 heterocycles. The molecule has 1 aromatic heterocycles. The van der Waals surface area contributed by atoms with Crippen LogP contribution in [0.2, 0.25) is 0 Å². The van der Waals surface area contributed by atoms with Crippen molar-refractivity contribution in [2.45, 2.75) is 63.6 Å². The normalized spacial score (nSPS) is 28.4. The Kier molecular flexibility index (Phi) is 5.82. The third-order valence-electron chi connectivity index (χ3n) is 7.18. The molecule has 2 aliphatic heterocycles. The minimum absolute atomic E-state index is 0.0603. The van der Waals surface area contributed by atoms with Gasteiger partial charge in [0.05, 0.1) is 16.9 Å². The smallest absolute Gasteiger partial charge is 0.125 e. The summed E-state index contributed by atoms with van der Waals surface area (Å²) in [6, 6.07) is 7.55. The van der Waals surface area contributed by atoms with Gasteiger partial charge in [0, 0.05) is 48.8 Å². The lowest BCUT2D eigenvalue weighted by molar-refractivity contribution is 0.100. The zero-order valence-electron chi connectivity index (χ0n) is 17.9. The first-order valence-corrected chi connectivity index (χ1v) is 12.7. The first-order valence-electron chi connectivity index (χ1n) is 11.1. The van der Waals surface area contributed by atoms with Crippen LogP contribution in [-0.2, 0) is 13.0 Å². The highest BCUT2D eigenvalue weighted by Crippen LogP contribution is 2.47. The molecule has 7 heteroatoms. The Balaban J connectivity index is 1.29. The summed E-state index contributed by atoms with van der Waals surface area (Å²) in [5.74, 6) is 0.700. The van der Waals surface area contributed by atoms with Gasteiger partial charge in [-0.25, -0.2) is 8.70 Å². The van der Waals surface area contributed by atoms with E-state index in [1.54, 1.807) is 29.7 Å². The number of hydrogen-bond donors (Lipinski definition) is 0. The van der Waals surface area contributed by atoms with E-state index in [1.807, 2.05) is 12.1 Å². The molecule has 3 fully saturated rings. The summed E-state index contributed by atoms with van der Waals surface area (Å²) in [7, 11) is 2.15. The van der Waals surface area contributed by atoms with E-state index in [-0.39, 0.29) is 11.4 Å². The average Bonchev–Trinajstić information content (AvgIpc) is 3.24. The fourth-order valence-corrected chi connectivity index (χ4v) is 7.23. The van der Waals surface area contributed by atoms with Gasteiger partial charge < -0.3 is 0 Å². The van der Waals surface area contributed by atoms with Gasteiger partial charge in [-0.1, -0.05) is 25.3 Å². The van der Waals surface area contributed by atoms with Crippen LogP contribution in [-0.4, -0.2) is 45.3 Å². The third-order valence-corrected chi connectivity index (χ3v) is 9.07. The summed E-state index contributed by atoms with van der Waals surface area (Å²) in [5, 5.41) is 2.27. The molecule has 2 atom stereocenters. The summed E-state index contributed by atoms with van der Waals surface area (Å²) >= 11 is 3.35. The van der Waals surface area contributed by atoms with Crippen molar-refractivity contribution in [3.05, 3.63) is 46.7 Å². The number of aromatic nitrogens is 1. The molecule has 2 aromatic rings. The zero-order chi connectivity index (χ0) is 20.7. The quantitative estimate of drug-likeness (QED) is 0.575. The van der Waals surface area contributed by atoms with Crippen LogP contribution < -0.4 is 4.31 Å². The summed E-state index contributed by atoms with van der Waals surface area (Å²) < 4.78 is 23.3. The van der Waals surface area contributed by atoms with Crippen LogP contribution in [0.1, 0.15) is 50.3 Å². The molecule has 1 saturated carbocycles. The second-order valence-corrected chi connectivity index (χ2v) is 11.2. The molecule has 2 saturated heterocycles. The Morgan fingerprint density at radius 3 is 2.90 bits per heavy atom. The van der Waals surface area contributed by atoms with Crippen LogP contribution in [0.3, 0.4) is 0 Å². The Morgan fingerprint density at radius 2 is 2.17 bits per heavy atom. The van der Waals surface area contributed by atoms with Crippen molar-refractivity contribution in [2.75, 3.05) is 24.4 Å². The van der Waals surface area contributed by atoms with Gasteiger partial charge in [-0.05, 0) is 68.9 Å². The first kappa shape index (κ1) is 20.7. The van der Waals surface area contributed by atoms with Crippen molar-refractivity contribution >= 4 is 29.4 Å². The number of nitrogens with zero attached hydrogens (tertiary/aromatic N) is 4. The maximum absolute atomic E-state index is 13.9. The highest BCUT2D eigenvalue weighted by molar-refractivity contribution is 7.98. The maximum atomic E-state index is 13.9. The van der Waals surface area contributed by atoms with Gasteiger partial charge in [-0.2, -0.15) is 4.37 Å². The van der Waals surface area contributed by atoms with Gasteiger partial charge in [0.25, 0.3) is 0 Å². The molecule has 0 bridgehead atoms. The van der Waals surface area contributed by atoms with Gasteiger partial charge in [-0.15, -0.1) is 0 Å². The van der Waals surface area contributed by atoms with Gasteiger partial charge in [0.1, 0.15) is 5.82 Å². The van der Waals surface area contributed by atoms with E-state index in [2.05, 4.69) is 32.9 Å². The van der Waals surface area contributed by atoms with Gasteiger partial charge in [-0.3, -0.25) is 9.21 Å². The van der Waals surface area contributed by atoms with E-state index >= 15 is 0 Å². The molecular formula is C23H31FN4S2. The van der Waals surface area contributed by atoms with Crippen molar-refractivity contribution in [2.24, 2.45) is 5.92 Å². The zero-order valence-corrected chi connectivity index (χ0v) is 19.5. The maximum Gasteiger partial charge on any atom is 0.125 e. The third kappa shape index (κ3) is 4.01. The van der Waals surface area contributed by atoms with E-state index in [9.17, 15) is 4.39 Å². The minimum Gasteiger partial charge on any atom is -0.296 e. The van der Waals surface area contributed by atoms with Crippen LogP contribution in [0.15, 0.2) is 29.6 Å². The summed E-state index contributed by atoms with van der Waals surface area (Å²) in [4.78, 5) is 2.63. The molecule has 0 amide bonds. The summed E-state index contributed by atoms with van der Waals surface area (Å²) in [5.41, 5.74) is 3.82. The first-order chi connectivity index (χ1) is 14.5. The molecular weight excluding hydrogens is 415 g/mol.